The number of carbonyl (C=O) groups excluding carboxylic acids is 1. The van der Waals surface area contributed by atoms with Gasteiger partial charge in [0, 0.05) is 44.0 Å². The second-order valence-corrected chi connectivity index (χ2v) is 7.97. The summed E-state index contributed by atoms with van der Waals surface area (Å²) in [7, 11) is -3.70. The number of rotatable bonds is 8. The van der Waals surface area contributed by atoms with E-state index in [0.29, 0.717) is 18.7 Å². The second kappa shape index (κ2) is 8.64. The van der Waals surface area contributed by atoms with Crippen molar-refractivity contribution in [2.45, 2.75) is 18.0 Å². The first kappa shape index (κ1) is 19.5. The van der Waals surface area contributed by atoms with E-state index in [1.807, 2.05) is 12.1 Å². The number of hydrogen-bond acceptors (Lipinski definition) is 5. The largest absolute Gasteiger partial charge is 0.366 e. The average Bonchev–Trinajstić information content (AvgIpc) is 3.18. The summed E-state index contributed by atoms with van der Waals surface area (Å²) in [5, 5.41) is 3.29. The summed E-state index contributed by atoms with van der Waals surface area (Å²) >= 11 is 0. The van der Waals surface area contributed by atoms with Gasteiger partial charge in [-0.15, -0.1) is 0 Å². The lowest BCUT2D eigenvalue weighted by Crippen LogP contribution is -2.13. The van der Waals surface area contributed by atoms with Crippen LogP contribution in [-0.4, -0.2) is 23.3 Å². The summed E-state index contributed by atoms with van der Waals surface area (Å²) in [6.07, 6.45) is 9.03. The van der Waals surface area contributed by atoms with E-state index < -0.39 is 15.9 Å². The van der Waals surface area contributed by atoms with Crippen molar-refractivity contribution in [3.05, 3.63) is 90.0 Å². The molecule has 0 saturated carbocycles. The molecule has 0 aliphatic heterocycles. The molecular formula is C20H20N4O3S. The van der Waals surface area contributed by atoms with Crippen molar-refractivity contribution < 1.29 is 13.2 Å². The molecule has 8 heteroatoms. The second-order valence-electron chi connectivity index (χ2n) is 6.12. The van der Waals surface area contributed by atoms with Crippen molar-refractivity contribution >= 4 is 22.0 Å². The maximum absolute atomic E-state index is 12.7. The molecule has 1 amide bonds. The highest BCUT2D eigenvalue weighted by Gasteiger charge is 2.16. The van der Waals surface area contributed by atoms with E-state index >= 15 is 0 Å². The molecule has 1 aromatic carbocycles. The Bertz CT molecular complexity index is 1070. The van der Waals surface area contributed by atoms with Crippen LogP contribution in [0.3, 0.4) is 0 Å². The predicted molar refractivity (Wildman–Crippen MR) is 106 cm³/mol. The molecular weight excluding hydrogens is 376 g/mol. The number of nitrogens with two attached hydrogens (primary N) is 1. The van der Waals surface area contributed by atoms with Gasteiger partial charge in [0.2, 0.25) is 5.91 Å². The minimum absolute atomic E-state index is 0.185. The van der Waals surface area contributed by atoms with Crippen LogP contribution in [-0.2, 0) is 27.9 Å². The highest BCUT2D eigenvalue weighted by atomic mass is 32.2. The Morgan fingerprint density at radius 2 is 1.86 bits per heavy atom. The van der Waals surface area contributed by atoms with Crippen molar-refractivity contribution in [2.75, 3.05) is 0 Å². The summed E-state index contributed by atoms with van der Waals surface area (Å²) in [6.45, 7) is 1.29. The number of primary amides is 1. The molecule has 7 nitrogen and oxygen atoms in total. The van der Waals surface area contributed by atoms with Crippen LogP contribution in [0.15, 0.2) is 78.2 Å². The molecule has 144 valence electrons. The molecule has 0 radical (unpaired) electrons. The number of nitrogens with zero attached hydrogens (tertiary/aromatic N) is 2. The average molecular weight is 396 g/mol. The van der Waals surface area contributed by atoms with Crippen LogP contribution in [0.5, 0.6) is 0 Å². The third-order valence-corrected chi connectivity index (χ3v) is 5.66. The van der Waals surface area contributed by atoms with Crippen LogP contribution in [0.25, 0.3) is 6.08 Å². The topological polar surface area (TPSA) is 107 Å². The third kappa shape index (κ3) is 4.93. The summed E-state index contributed by atoms with van der Waals surface area (Å²) < 4.78 is 26.6. The molecule has 0 bridgehead atoms. The van der Waals surface area contributed by atoms with Crippen LogP contribution in [0, 0.1) is 0 Å². The standard InChI is InChI=1S/C20H20N4O3S/c21-20(25)8-5-17-9-11-24(15-17)28(26,27)19-6-3-16(4-7-19)12-23-14-18-2-1-10-22-13-18/h1-11,13,15,23H,12,14H2,(H2,21,25). The zero-order chi connectivity index (χ0) is 20.0. The molecule has 0 aliphatic carbocycles. The first-order valence-electron chi connectivity index (χ1n) is 8.55. The lowest BCUT2D eigenvalue weighted by atomic mass is 10.2. The number of aromatic nitrogens is 2. The fourth-order valence-electron chi connectivity index (χ4n) is 2.57. The van der Waals surface area contributed by atoms with Gasteiger partial charge in [0.05, 0.1) is 4.90 Å². The summed E-state index contributed by atoms with van der Waals surface area (Å²) in [5.74, 6) is -0.594. The van der Waals surface area contributed by atoms with E-state index in [2.05, 4.69) is 10.3 Å². The molecule has 0 fully saturated rings. The molecule has 3 rings (SSSR count). The van der Waals surface area contributed by atoms with Crippen molar-refractivity contribution in [2.24, 2.45) is 5.73 Å². The minimum atomic E-state index is -3.70. The maximum atomic E-state index is 12.7. The minimum Gasteiger partial charge on any atom is -0.366 e. The molecule has 3 aromatic rings. The lowest BCUT2D eigenvalue weighted by Gasteiger charge is -2.08. The van der Waals surface area contributed by atoms with Gasteiger partial charge in [-0.05, 0) is 47.0 Å². The van der Waals surface area contributed by atoms with E-state index in [1.54, 1.807) is 42.7 Å². The van der Waals surface area contributed by atoms with Crippen LogP contribution in [0.2, 0.25) is 0 Å². The maximum Gasteiger partial charge on any atom is 0.267 e. The molecule has 2 aromatic heterocycles. The molecule has 2 heterocycles. The van der Waals surface area contributed by atoms with E-state index in [1.165, 1.54) is 24.5 Å². The predicted octanol–water partition coefficient (Wildman–Crippen LogP) is 1.91. The smallest absolute Gasteiger partial charge is 0.267 e. The highest BCUT2D eigenvalue weighted by molar-refractivity contribution is 7.90. The van der Waals surface area contributed by atoms with E-state index in [9.17, 15) is 13.2 Å². The summed E-state index contributed by atoms with van der Waals surface area (Å²) in [4.78, 5) is 15.0. The van der Waals surface area contributed by atoms with Gasteiger partial charge in [-0.1, -0.05) is 18.2 Å². The quantitative estimate of drug-likeness (QED) is 0.566. The Morgan fingerprint density at radius 3 is 2.54 bits per heavy atom. The normalized spacial score (nSPS) is 11.7. The van der Waals surface area contributed by atoms with Gasteiger partial charge in [0.1, 0.15) is 0 Å². The Hall–Kier alpha value is -3.23. The van der Waals surface area contributed by atoms with E-state index in [4.69, 9.17) is 5.73 Å². The lowest BCUT2D eigenvalue weighted by molar-refractivity contribution is -0.113. The number of benzene rings is 1. The molecule has 0 saturated heterocycles. The van der Waals surface area contributed by atoms with Gasteiger partial charge in [0.25, 0.3) is 10.0 Å². The molecule has 0 spiro atoms. The van der Waals surface area contributed by atoms with Crippen LogP contribution in [0.4, 0.5) is 0 Å². The molecule has 0 aliphatic rings. The Kier molecular flexibility index (Phi) is 6.03. The van der Waals surface area contributed by atoms with Crippen molar-refractivity contribution in [1.29, 1.82) is 0 Å². The summed E-state index contributed by atoms with van der Waals surface area (Å²) in [5.41, 5.74) is 7.67. The van der Waals surface area contributed by atoms with E-state index in [-0.39, 0.29) is 4.90 Å². The van der Waals surface area contributed by atoms with Gasteiger partial charge in [-0.3, -0.25) is 9.78 Å². The Balaban J connectivity index is 1.65. The molecule has 28 heavy (non-hydrogen) atoms. The molecule has 0 atom stereocenters. The Morgan fingerprint density at radius 1 is 1.11 bits per heavy atom. The first-order valence-corrected chi connectivity index (χ1v) is 9.99. The van der Waals surface area contributed by atoms with Gasteiger partial charge in [0.15, 0.2) is 0 Å². The van der Waals surface area contributed by atoms with Crippen molar-refractivity contribution in [3.63, 3.8) is 0 Å². The number of pyridine rings is 1. The number of carbonyl (C=O) groups is 1. The fraction of sp³-hybridized carbons (Fsp3) is 0.100. The van der Waals surface area contributed by atoms with Crippen LogP contribution in [0.1, 0.15) is 16.7 Å². The van der Waals surface area contributed by atoms with Gasteiger partial charge >= 0.3 is 0 Å². The van der Waals surface area contributed by atoms with Gasteiger partial charge in [-0.25, -0.2) is 12.4 Å². The van der Waals surface area contributed by atoms with E-state index in [0.717, 1.165) is 15.1 Å². The van der Waals surface area contributed by atoms with Gasteiger partial charge in [-0.2, -0.15) is 0 Å². The number of nitrogens with one attached hydrogen (secondary N) is 1. The zero-order valence-corrected chi connectivity index (χ0v) is 15.8. The Labute approximate surface area is 163 Å². The van der Waals surface area contributed by atoms with Crippen LogP contribution < -0.4 is 11.1 Å². The first-order chi connectivity index (χ1) is 13.4. The fourth-order valence-corrected chi connectivity index (χ4v) is 3.78. The van der Waals surface area contributed by atoms with Crippen molar-refractivity contribution in [1.82, 2.24) is 14.3 Å². The monoisotopic (exact) mass is 396 g/mol. The molecule has 0 unspecified atom stereocenters. The third-order valence-electron chi connectivity index (χ3n) is 4.01. The zero-order valence-electron chi connectivity index (χ0n) is 15.0. The van der Waals surface area contributed by atoms with Crippen molar-refractivity contribution in [3.8, 4) is 0 Å². The highest BCUT2D eigenvalue weighted by Crippen LogP contribution is 2.17. The SMILES string of the molecule is NC(=O)C=Cc1ccn(S(=O)(=O)c2ccc(CNCc3cccnc3)cc2)c1. The summed E-state index contributed by atoms with van der Waals surface area (Å²) in [6, 6.07) is 12.2. The molecule has 3 N–H and O–H groups in total. The number of amides is 1. The van der Waals surface area contributed by atoms with Gasteiger partial charge < -0.3 is 11.1 Å². The number of hydrogen-bond donors (Lipinski definition) is 2. The van der Waals surface area contributed by atoms with Crippen LogP contribution >= 0.6 is 0 Å².